The van der Waals surface area contributed by atoms with Gasteiger partial charge in [-0.3, -0.25) is 4.79 Å². The van der Waals surface area contributed by atoms with Crippen LogP contribution in [-0.2, 0) is 4.79 Å². The van der Waals surface area contributed by atoms with Gasteiger partial charge in [0.1, 0.15) is 0 Å². The van der Waals surface area contributed by atoms with Crippen molar-refractivity contribution in [1.29, 1.82) is 0 Å². The van der Waals surface area contributed by atoms with Gasteiger partial charge < -0.3 is 10.2 Å². The fourth-order valence-electron chi connectivity index (χ4n) is 3.27. The Kier molecular flexibility index (Phi) is 3.45. The topological polar surface area (TPSA) is 32.3 Å². The number of likely N-dealkylation sites (tertiary alicyclic amines) is 1. The van der Waals surface area contributed by atoms with Crippen LogP contribution in [0.2, 0.25) is 0 Å². The van der Waals surface area contributed by atoms with Crippen LogP contribution in [0.5, 0.6) is 0 Å². The molecule has 3 nitrogen and oxygen atoms in total. The lowest BCUT2D eigenvalue weighted by molar-refractivity contribution is -0.130. The summed E-state index contributed by atoms with van der Waals surface area (Å²) in [5.41, 5.74) is 2.51. The summed E-state index contributed by atoms with van der Waals surface area (Å²) in [4.78, 5) is 14.4. The third-order valence-electron chi connectivity index (χ3n) is 4.58. The van der Waals surface area contributed by atoms with Gasteiger partial charge in [-0.15, -0.1) is 0 Å². The zero-order valence-corrected chi connectivity index (χ0v) is 11.6. The van der Waals surface area contributed by atoms with Crippen molar-refractivity contribution in [1.82, 2.24) is 4.90 Å². The molecule has 0 aliphatic carbocycles. The molecular weight excluding hydrogens is 236 g/mol. The predicted octanol–water partition coefficient (Wildman–Crippen LogP) is 2.84. The molecule has 2 atom stereocenters. The minimum atomic E-state index is 0.333. The molecule has 2 aliphatic rings. The van der Waals surface area contributed by atoms with Gasteiger partial charge in [0.25, 0.3) is 0 Å². The Hall–Kier alpha value is -1.51. The number of nitrogens with one attached hydrogen (secondary N) is 1. The van der Waals surface area contributed by atoms with Gasteiger partial charge in [0.05, 0.1) is 0 Å². The molecule has 19 heavy (non-hydrogen) atoms. The summed E-state index contributed by atoms with van der Waals surface area (Å²) in [6.07, 6.45) is 3.03. The van der Waals surface area contributed by atoms with E-state index in [0.717, 1.165) is 25.6 Å². The summed E-state index contributed by atoms with van der Waals surface area (Å²) >= 11 is 0. The van der Waals surface area contributed by atoms with Crippen LogP contribution in [0, 0.1) is 5.92 Å². The molecule has 0 radical (unpaired) electrons. The molecule has 3 rings (SSSR count). The molecule has 0 bridgehead atoms. The maximum absolute atomic E-state index is 12.4. The van der Waals surface area contributed by atoms with E-state index in [-0.39, 0.29) is 0 Å². The average molecular weight is 258 g/mol. The first kappa shape index (κ1) is 12.5. The third kappa shape index (κ3) is 2.46. The Balaban J connectivity index is 1.62. The van der Waals surface area contributed by atoms with E-state index >= 15 is 0 Å². The molecule has 102 valence electrons. The van der Waals surface area contributed by atoms with E-state index in [1.807, 2.05) is 6.07 Å². The zero-order chi connectivity index (χ0) is 13.2. The van der Waals surface area contributed by atoms with E-state index in [4.69, 9.17) is 0 Å². The molecule has 1 aromatic rings. The number of fused-ring (bicyclic) bond motifs is 1. The smallest absolute Gasteiger partial charge is 0.223 e. The van der Waals surface area contributed by atoms with E-state index < -0.39 is 0 Å². The van der Waals surface area contributed by atoms with Crippen molar-refractivity contribution >= 4 is 11.6 Å². The van der Waals surface area contributed by atoms with Gasteiger partial charge in [-0.05, 0) is 24.0 Å². The fraction of sp³-hybridized carbons (Fsp3) is 0.562. The molecule has 1 N–H and O–H groups in total. The lowest BCUT2D eigenvalue weighted by Crippen LogP contribution is -2.30. The Morgan fingerprint density at radius 2 is 2.26 bits per heavy atom. The van der Waals surface area contributed by atoms with Crippen LogP contribution in [0.25, 0.3) is 0 Å². The van der Waals surface area contributed by atoms with Gasteiger partial charge in [0, 0.05) is 37.7 Å². The highest BCUT2D eigenvalue weighted by atomic mass is 16.2. The maximum atomic E-state index is 12.4. The van der Waals surface area contributed by atoms with Crippen LogP contribution in [0.15, 0.2) is 24.3 Å². The quantitative estimate of drug-likeness (QED) is 0.904. The highest BCUT2D eigenvalue weighted by Gasteiger charge is 2.29. The number of hydrogen-bond acceptors (Lipinski definition) is 2. The minimum absolute atomic E-state index is 0.333. The monoisotopic (exact) mass is 258 g/mol. The number of amides is 1. The van der Waals surface area contributed by atoms with Gasteiger partial charge in [0.15, 0.2) is 0 Å². The molecule has 0 aromatic heterocycles. The van der Waals surface area contributed by atoms with Crippen LogP contribution >= 0.6 is 0 Å². The highest BCUT2D eigenvalue weighted by molar-refractivity contribution is 5.78. The highest BCUT2D eigenvalue weighted by Crippen LogP contribution is 2.34. The molecule has 2 aliphatic heterocycles. The Morgan fingerprint density at radius 1 is 1.42 bits per heavy atom. The second kappa shape index (κ2) is 5.24. The van der Waals surface area contributed by atoms with Crippen molar-refractivity contribution in [2.75, 3.05) is 25.0 Å². The number of para-hydroxylation sites is 1. The molecule has 2 unspecified atom stereocenters. The standard InChI is InChI=1S/C16H22N2O/c1-2-12-7-8-18(11-12)16(19)9-13-10-17-15-6-4-3-5-14(13)15/h3-6,12-13,17H,2,7-11H2,1H3. The number of carbonyl (C=O) groups is 1. The second-order valence-corrected chi connectivity index (χ2v) is 5.77. The van der Waals surface area contributed by atoms with E-state index in [2.05, 4.69) is 35.3 Å². The molecule has 1 saturated heterocycles. The molecule has 1 amide bonds. The minimum Gasteiger partial charge on any atom is -0.384 e. The van der Waals surface area contributed by atoms with Gasteiger partial charge in [-0.1, -0.05) is 31.5 Å². The first-order chi connectivity index (χ1) is 9.28. The molecule has 1 fully saturated rings. The number of benzene rings is 1. The van der Waals surface area contributed by atoms with Crippen LogP contribution in [0.1, 0.15) is 37.7 Å². The molecule has 0 saturated carbocycles. The lowest BCUT2D eigenvalue weighted by atomic mass is 9.97. The Bertz CT molecular complexity index is 472. The number of anilines is 1. The summed E-state index contributed by atoms with van der Waals surface area (Å²) in [5.74, 6) is 1.40. The summed E-state index contributed by atoms with van der Waals surface area (Å²) in [5, 5.41) is 3.40. The largest absolute Gasteiger partial charge is 0.384 e. The fourth-order valence-corrected chi connectivity index (χ4v) is 3.27. The van der Waals surface area contributed by atoms with E-state index in [0.29, 0.717) is 18.2 Å². The maximum Gasteiger partial charge on any atom is 0.223 e. The van der Waals surface area contributed by atoms with Crippen molar-refractivity contribution in [2.45, 2.75) is 32.1 Å². The van der Waals surface area contributed by atoms with Crippen molar-refractivity contribution < 1.29 is 4.79 Å². The van der Waals surface area contributed by atoms with E-state index in [9.17, 15) is 4.79 Å². The number of rotatable bonds is 3. The van der Waals surface area contributed by atoms with Crippen LogP contribution < -0.4 is 5.32 Å². The summed E-state index contributed by atoms with van der Waals surface area (Å²) in [7, 11) is 0. The van der Waals surface area contributed by atoms with Gasteiger partial charge >= 0.3 is 0 Å². The lowest BCUT2D eigenvalue weighted by Gasteiger charge is -2.18. The summed E-state index contributed by atoms with van der Waals surface area (Å²) in [6.45, 7) is 5.04. The predicted molar refractivity (Wildman–Crippen MR) is 77.3 cm³/mol. The Morgan fingerprint density at radius 3 is 3.05 bits per heavy atom. The zero-order valence-electron chi connectivity index (χ0n) is 11.6. The van der Waals surface area contributed by atoms with Crippen molar-refractivity contribution in [3.63, 3.8) is 0 Å². The molecule has 3 heteroatoms. The molecular formula is C16H22N2O. The number of carbonyl (C=O) groups excluding carboxylic acids is 1. The van der Waals surface area contributed by atoms with Crippen LogP contribution in [-0.4, -0.2) is 30.4 Å². The van der Waals surface area contributed by atoms with Gasteiger partial charge in [0.2, 0.25) is 5.91 Å². The van der Waals surface area contributed by atoms with Gasteiger partial charge in [-0.25, -0.2) is 0 Å². The first-order valence-electron chi connectivity index (χ1n) is 7.38. The van der Waals surface area contributed by atoms with E-state index in [1.165, 1.54) is 24.1 Å². The van der Waals surface area contributed by atoms with Crippen molar-refractivity contribution in [3.05, 3.63) is 29.8 Å². The van der Waals surface area contributed by atoms with Crippen molar-refractivity contribution in [3.8, 4) is 0 Å². The van der Waals surface area contributed by atoms with E-state index in [1.54, 1.807) is 0 Å². The second-order valence-electron chi connectivity index (χ2n) is 5.77. The molecule has 1 aromatic carbocycles. The van der Waals surface area contributed by atoms with Gasteiger partial charge in [-0.2, -0.15) is 0 Å². The van der Waals surface area contributed by atoms with Crippen LogP contribution in [0.3, 0.4) is 0 Å². The summed E-state index contributed by atoms with van der Waals surface area (Å²) in [6, 6.07) is 8.35. The third-order valence-corrected chi connectivity index (χ3v) is 4.58. The number of hydrogen-bond donors (Lipinski definition) is 1. The molecule has 0 spiro atoms. The SMILES string of the molecule is CCC1CCN(C(=O)CC2CNc3ccccc32)C1. The summed E-state index contributed by atoms with van der Waals surface area (Å²) < 4.78 is 0. The Labute approximate surface area is 115 Å². The number of nitrogens with zero attached hydrogens (tertiary/aromatic N) is 1. The average Bonchev–Trinajstić information content (AvgIpc) is 3.06. The van der Waals surface area contributed by atoms with Crippen LogP contribution in [0.4, 0.5) is 5.69 Å². The first-order valence-corrected chi connectivity index (χ1v) is 7.38. The molecule has 2 heterocycles. The normalized spacial score (nSPS) is 25.2. The van der Waals surface area contributed by atoms with Crippen molar-refractivity contribution in [2.24, 2.45) is 5.92 Å².